The molecule has 0 aromatic heterocycles. The molecule has 0 atom stereocenters. The predicted octanol–water partition coefficient (Wildman–Crippen LogP) is 1.45. The van der Waals surface area contributed by atoms with Crippen LogP contribution in [0.1, 0.15) is 26.7 Å². The molecule has 0 spiro atoms. The van der Waals surface area contributed by atoms with E-state index in [2.05, 4.69) is 36.1 Å². The molecule has 8 nitrogen and oxygen atoms in total. The number of rotatable bonds is 5. The first kappa shape index (κ1) is 24.2. The van der Waals surface area contributed by atoms with Crippen LogP contribution in [0.25, 0.3) is 0 Å². The maximum Gasteiger partial charge on any atom is 0.409 e. The molecule has 27 heavy (non-hydrogen) atoms. The Morgan fingerprint density at radius 3 is 2.26 bits per heavy atom. The lowest BCUT2D eigenvalue weighted by Gasteiger charge is -2.42. The predicted molar refractivity (Wildman–Crippen MR) is 118 cm³/mol. The van der Waals surface area contributed by atoms with E-state index in [0.717, 1.165) is 58.2 Å². The summed E-state index contributed by atoms with van der Waals surface area (Å²) in [5.74, 6) is 0.934. The van der Waals surface area contributed by atoms with E-state index in [-0.39, 0.29) is 35.6 Å². The summed E-state index contributed by atoms with van der Waals surface area (Å²) in [6.45, 7) is 10.4. The first-order chi connectivity index (χ1) is 12.5. The number of carbonyl (C=O) groups excluding carboxylic acids is 1. The number of piperazine rings is 1. The number of ether oxygens (including phenoxy) is 2. The minimum atomic E-state index is -0.220. The summed E-state index contributed by atoms with van der Waals surface area (Å²) >= 11 is 0. The standard InChI is InChI=1S/C18H35N5O3.HI/c1-5-19-16(20-15-18(21(3)4)7-13-25-14-8-18)22-9-11-23(12-10-22)17(24)26-6-2;/h5-15H2,1-4H3,(H,19,20);1H. The molecule has 1 N–H and O–H groups in total. The molecule has 1 amide bonds. The van der Waals surface area contributed by atoms with Crippen LogP contribution in [0, 0.1) is 0 Å². The van der Waals surface area contributed by atoms with Gasteiger partial charge in [-0.25, -0.2) is 4.79 Å². The largest absolute Gasteiger partial charge is 0.450 e. The lowest BCUT2D eigenvalue weighted by molar-refractivity contribution is -0.00267. The fourth-order valence-electron chi connectivity index (χ4n) is 3.46. The van der Waals surface area contributed by atoms with Crippen LogP contribution in [0.3, 0.4) is 0 Å². The van der Waals surface area contributed by atoms with Gasteiger partial charge in [0.2, 0.25) is 0 Å². The summed E-state index contributed by atoms with van der Waals surface area (Å²) in [5, 5.41) is 3.41. The van der Waals surface area contributed by atoms with E-state index in [4.69, 9.17) is 14.5 Å². The maximum atomic E-state index is 11.9. The SMILES string of the molecule is CCNC(=NCC1(N(C)C)CCOCC1)N1CCN(C(=O)OCC)CC1.I. The number of guanidine groups is 1. The van der Waals surface area contributed by atoms with E-state index in [9.17, 15) is 4.79 Å². The molecule has 2 heterocycles. The molecular formula is C18H36IN5O3. The molecule has 0 aromatic rings. The molecule has 0 radical (unpaired) electrons. The first-order valence-electron chi connectivity index (χ1n) is 9.72. The molecule has 0 bridgehead atoms. The number of halogens is 1. The third kappa shape index (κ3) is 6.63. The molecule has 2 saturated heterocycles. The first-order valence-corrected chi connectivity index (χ1v) is 9.72. The highest BCUT2D eigenvalue weighted by molar-refractivity contribution is 14.0. The van der Waals surface area contributed by atoms with Crippen molar-refractivity contribution in [1.82, 2.24) is 20.0 Å². The number of amides is 1. The lowest BCUT2D eigenvalue weighted by atomic mass is 9.89. The highest BCUT2D eigenvalue weighted by atomic mass is 127. The van der Waals surface area contributed by atoms with Crippen LogP contribution in [0.5, 0.6) is 0 Å². The van der Waals surface area contributed by atoms with Crippen molar-refractivity contribution >= 4 is 36.0 Å². The summed E-state index contributed by atoms with van der Waals surface area (Å²) in [6.07, 6.45) is 1.78. The zero-order chi connectivity index (χ0) is 19.0. The number of carbonyl (C=O) groups is 1. The van der Waals surface area contributed by atoms with Crippen LogP contribution in [0.2, 0.25) is 0 Å². The van der Waals surface area contributed by atoms with Crippen molar-refractivity contribution in [2.75, 3.05) is 73.2 Å². The van der Waals surface area contributed by atoms with E-state index in [1.54, 1.807) is 4.90 Å². The zero-order valence-corrected chi connectivity index (χ0v) is 19.5. The van der Waals surface area contributed by atoms with Crippen molar-refractivity contribution in [3.05, 3.63) is 0 Å². The molecule has 2 aliphatic heterocycles. The van der Waals surface area contributed by atoms with Crippen LogP contribution in [0.15, 0.2) is 4.99 Å². The fourth-order valence-corrected chi connectivity index (χ4v) is 3.46. The summed E-state index contributed by atoms with van der Waals surface area (Å²) in [6, 6.07) is 0. The average molecular weight is 497 g/mol. The van der Waals surface area contributed by atoms with Gasteiger partial charge in [-0.2, -0.15) is 0 Å². The van der Waals surface area contributed by atoms with E-state index >= 15 is 0 Å². The summed E-state index contributed by atoms with van der Waals surface area (Å²) in [4.78, 5) is 23.1. The topological polar surface area (TPSA) is 69.6 Å². The van der Waals surface area contributed by atoms with Gasteiger partial charge in [-0.15, -0.1) is 24.0 Å². The number of hydrogen-bond donors (Lipinski definition) is 1. The van der Waals surface area contributed by atoms with Crippen molar-refractivity contribution in [1.29, 1.82) is 0 Å². The highest BCUT2D eigenvalue weighted by Crippen LogP contribution is 2.26. The van der Waals surface area contributed by atoms with E-state index in [1.165, 1.54) is 0 Å². The minimum Gasteiger partial charge on any atom is -0.450 e. The van der Waals surface area contributed by atoms with Gasteiger partial charge in [0.05, 0.1) is 13.2 Å². The molecule has 0 unspecified atom stereocenters. The normalized spacial score (nSPS) is 20.3. The quantitative estimate of drug-likeness (QED) is 0.353. The van der Waals surface area contributed by atoms with E-state index in [1.807, 2.05) is 6.92 Å². The van der Waals surface area contributed by atoms with Gasteiger partial charge >= 0.3 is 6.09 Å². The molecule has 0 aliphatic carbocycles. The van der Waals surface area contributed by atoms with Crippen molar-refractivity contribution in [2.45, 2.75) is 32.2 Å². The Morgan fingerprint density at radius 1 is 1.15 bits per heavy atom. The molecule has 2 aliphatic rings. The Bertz CT molecular complexity index is 476. The Balaban J connectivity index is 0.00000364. The Hall–Kier alpha value is -0.810. The van der Waals surface area contributed by atoms with Gasteiger partial charge in [0.25, 0.3) is 0 Å². The molecule has 158 valence electrons. The molecular weight excluding hydrogens is 461 g/mol. The van der Waals surface area contributed by atoms with Crippen molar-refractivity contribution in [2.24, 2.45) is 4.99 Å². The minimum absolute atomic E-state index is 0. The van der Waals surface area contributed by atoms with Gasteiger partial charge in [0, 0.05) is 51.5 Å². The number of nitrogens with one attached hydrogen (secondary N) is 1. The number of nitrogens with zero attached hydrogens (tertiary/aromatic N) is 4. The second-order valence-electron chi connectivity index (χ2n) is 7.07. The molecule has 9 heteroatoms. The molecule has 0 saturated carbocycles. The molecule has 2 fully saturated rings. The van der Waals surface area contributed by atoms with Gasteiger partial charge in [0.1, 0.15) is 0 Å². The highest BCUT2D eigenvalue weighted by Gasteiger charge is 2.35. The maximum absolute atomic E-state index is 11.9. The Kier molecular flexibility index (Phi) is 10.7. The second kappa shape index (κ2) is 11.9. The average Bonchev–Trinajstić information content (AvgIpc) is 2.66. The zero-order valence-electron chi connectivity index (χ0n) is 17.2. The van der Waals surface area contributed by atoms with Crippen LogP contribution < -0.4 is 5.32 Å². The number of likely N-dealkylation sites (N-methyl/N-ethyl adjacent to an activating group) is 1. The smallest absolute Gasteiger partial charge is 0.409 e. The van der Waals surface area contributed by atoms with E-state index < -0.39 is 0 Å². The van der Waals surface area contributed by atoms with Crippen molar-refractivity contribution in [3.8, 4) is 0 Å². The second-order valence-corrected chi connectivity index (χ2v) is 7.07. The Morgan fingerprint density at radius 2 is 1.74 bits per heavy atom. The number of hydrogen-bond acceptors (Lipinski definition) is 5. The van der Waals surface area contributed by atoms with Gasteiger partial charge < -0.3 is 29.5 Å². The van der Waals surface area contributed by atoms with Crippen LogP contribution in [0.4, 0.5) is 4.79 Å². The van der Waals surface area contributed by atoms with Crippen LogP contribution >= 0.6 is 24.0 Å². The summed E-state index contributed by atoms with van der Waals surface area (Å²) in [5.41, 5.74) is 0.0612. The molecule has 0 aromatic carbocycles. The Labute approximate surface area is 180 Å². The fraction of sp³-hybridized carbons (Fsp3) is 0.889. The summed E-state index contributed by atoms with van der Waals surface area (Å²) < 4.78 is 10.6. The van der Waals surface area contributed by atoms with Crippen LogP contribution in [-0.2, 0) is 9.47 Å². The van der Waals surface area contributed by atoms with Crippen molar-refractivity contribution in [3.63, 3.8) is 0 Å². The van der Waals surface area contributed by atoms with Crippen molar-refractivity contribution < 1.29 is 14.3 Å². The van der Waals surface area contributed by atoms with Gasteiger partial charge in [0.15, 0.2) is 5.96 Å². The number of aliphatic imine (C=N–C) groups is 1. The molecule has 2 rings (SSSR count). The lowest BCUT2D eigenvalue weighted by Crippen LogP contribution is -2.55. The third-order valence-corrected chi connectivity index (χ3v) is 5.34. The van der Waals surface area contributed by atoms with E-state index in [0.29, 0.717) is 19.7 Å². The monoisotopic (exact) mass is 497 g/mol. The third-order valence-electron chi connectivity index (χ3n) is 5.34. The summed E-state index contributed by atoms with van der Waals surface area (Å²) in [7, 11) is 4.26. The van der Waals surface area contributed by atoms with Gasteiger partial charge in [-0.05, 0) is 40.8 Å². The van der Waals surface area contributed by atoms with Gasteiger partial charge in [-0.3, -0.25) is 4.99 Å². The van der Waals surface area contributed by atoms with Crippen LogP contribution in [-0.4, -0.2) is 105 Å². The van der Waals surface area contributed by atoms with Gasteiger partial charge in [-0.1, -0.05) is 0 Å².